The van der Waals surface area contributed by atoms with Crippen LogP contribution in [0, 0.1) is 0 Å². The van der Waals surface area contributed by atoms with E-state index in [4.69, 9.17) is 4.74 Å². The molecule has 0 spiro atoms. The van der Waals surface area contributed by atoms with Crippen molar-refractivity contribution in [2.75, 3.05) is 12.5 Å². The molecule has 0 saturated heterocycles. The van der Waals surface area contributed by atoms with E-state index in [0.29, 0.717) is 17.1 Å². The standard InChI is InChI=1S/C20H16N4O2S/c1-26-16-9-5-8-14(18(16)25)10-23-24-19-17-15(13-6-3-2-4-7-13)11-27-20(17)22-12-21-19/h2-12,25H,1H3,(H,21,22,24). The highest BCUT2D eigenvalue weighted by atomic mass is 32.1. The van der Waals surface area contributed by atoms with Gasteiger partial charge in [0.05, 0.1) is 18.7 Å². The van der Waals surface area contributed by atoms with E-state index in [-0.39, 0.29) is 5.75 Å². The van der Waals surface area contributed by atoms with Crippen molar-refractivity contribution >= 4 is 33.6 Å². The van der Waals surface area contributed by atoms with Gasteiger partial charge in [-0.25, -0.2) is 9.97 Å². The summed E-state index contributed by atoms with van der Waals surface area (Å²) >= 11 is 1.56. The van der Waals surface area contributed by atoms with Crippen LogP contribution in [0.1, 0.15) is 5.56 Å². The third-order valence-corrected chi connectivity index (χ3v) is 4.97. The van der Waals surface area contributed by atoms with E-state index < -0.39 is 0 Å². The number of aromatic nitrogens is 2. The van der Waals surface area contributed by atoms with Gasteiger partial charge in [-0.2, -0.15) is 5.10 Å². The predicted octanol–water partition coefficient (Wildman–Crippen LogP) is 4.52. The molecule has 0 aliphatic rings. The minimum absolute atomic E-state index is 0.0406. The summed E-state index contributed by atoms with van der Waals surface area (Å²) in [5, 5.41) is 17.4. The number of benzene rings is 2. The molecule has 0 aliphatic carbocycles. The normalized spacial score (nSPS) is 11.1. The number of hydrogen-bond donors (Lipinski definition) is 2. The lowest BCUT2D eigenvalue weighted by molar-refractivity contribution is 0.373. The fourth-order valence-corrected chi connectivity index (χ4v) is 3.68. The summed E-state index contributed by atoms with van der Waals surface area (Å²) in [6.45, 7) is 0. The van der Waals surface area contributed by atoms with Crippen molar-refractivity contribution in [3.05, 3.63) is 65.8 Å². The number of anilines is 1. The number of phenolic OH excluding ortho intramolecular Hbond substituents is 1. The highest BCUT2D eigenvalue weighted by Crippen LogP contribution is 2.36. The number of phenols is 1. The van der Waals surface area contributed by atoms with Crippen molar-refractivity contribution in [3.8, 4) is 22.6 Å². The Kier molecular flexibility index (Phi) is 4.67. The van der Waals surface area contributed by atoms with E-state index in [1.807, 2.05) is 18.2 Å². The predicted molar refractivity (Wildman–Crippen MR) is 109 cm³/mol. The topological polar surface area (TPSA) is 79.6 Å². The summed E-state index contributed by atoms with van der Waals surface area (Å²) in [7, 11) is 1.51. The van der Waals surface area contributed by atoms with Gasteiger partial charge in [-0.05, 0) is 17.7 Å². The number of fused-ring (bicyclic) bond motifs is 1. The van der Waals surface area contributed by atoms with Gasteiger partial charge in [0, 0.05) is 16.5 Å². The van der Waals surface area contributed by atoms with E-state index >= 15 is 0 Å². The molecule has 2 aromatic carbocycles. The van der Waals surface area contributed by atoms with Crippen molar-refractivity contribution in [1.82, 2.24) is 9.97 Å². The van der Waals surface area contributed by atoms with Crippen molar-refractivity contribution in [1.29, 1.82) is 0 Å². The zero-order valence-electron chi connectivity index (χ0n) is 14.5. The minimum Gasteiger partial charge on any atom is -0.504 e. The number of hydrogen-bond acceptors (Lipinski definition) is 7. The Morgan fingerprint density at radius 1 is 1.11 bits per heavy atom. The van der Waals surface area contributed by atoms with Crippen LogP contribution >= 0.6 is 11.3 Å². The third-order valence-electron chi connectivity index (χ3n) is 4.08. The number of ether oxygens (including phenoxy) is 1. The average molecular weight is 376 g/mol. The van der Waals surface area contributed by atoms with Gasteiger partial charge in [0.25, 0.3) is 0 Å². The van der Waals surface area contributed by atoms with Crippen LogP contribution in [0.2, 0.25) is 0 Å². The van der Waals surface area contributed by atoms with E-state index in [1.165, 1.54) is 19.7 Å². The van der Waals surface area contributed by atoms with Crippen molar-refractivity contribution in [2.24, 2.45) is 5.10 Å². The first-order valence-corrected chi connectivity index (χ1v) is 9.08. The molecule has 0 radical (unpaired) electrons. The van der Waals surface area contributed by atoms with Gasteiger partial charge < -0.3 is 9.84 Å². The molecular formula is C20H16N4O2S. The lowest BCUT2D eigenvalue weighted by Gasteiger charge is -2.06. The Balaban J connectivity index is 1.68. The molecule has 2 aromatic heterocycles. The van der Waals surface area contributed by atoms with E-state index in [9.17, 15) is 5.11 Å². The van der Waals surface area contributed by atoms with Crippen LogP contribution in [0.4, 0.5) is 5.82 Å². The van der Waals surface area contributed by atoms with Crippen molar-refractivity contribution in [2.45, 2.75) is 0 Å². The molecule has 0 saturated carbocycles. The first-order chi connectivity index (χ1) is 13.3. The van der Waals surface area contributed by atoms with Gasteiger partial charge in [-0.15, -0.1) is 11.3 Å². The highest BCUT2D eigenvalue weighted by Gasteiger charge is 2.12. The van der Waals surface area contributed by atoms with Crippen LogP contribution in [0.5, 0.6) is 11.5 Å². The smallest absolute Gasteiger partial charge is 0.166 e. The number of hydrazone groups is 1. The summed E-state index contributed by atoms with van der Waals surface area (Å²) in [6, 6.07) is 15.3. The highest BCUT2D eigenvalue weighted by molar-refractivity contribution is 7.17. The van der Waals surface area contributed by atoms with Gasteiger partial charge in [0.2, 0.25) is 0 Å². The van der Waals surface area contributed by atoms with Gasteiger partial charge in [-0.3, -0.25) is 5.43 Å². The first kappa shape index (κ1) is 17.0. The molecule has 27 heavy (non-hydrogen) atoms. The van der Waals surface area contributed by atoms with Gasteiger partial charge in [0.1, 0.15) is 11.2 Å². The summed E-state index contributed by atoms with van der Waals surface area (Å²) in [5.74, 6) is 1.05. The van der Waals surface area contributed by atoms with E-state index in [2.05, 4.69) is 38.0 Å². The number of nitrogens with zero attached hydrogens (tertiary/aromatic N) is 3. The molecule has 2 heterocycles. The molecule has 0 bridgehead atoms. The maximum atomic E-state index is 10.1. The van der Waals surface area contributed by atoms with Gasteiger partial charge in [0.15, 0.2) is 17.3 Å². The molecule has 7 heteroatoms. The molecule has 134 valence electrons. The van der Waals surface area contributed by atoms with Crippen LogP contribution in [0.3, 0.4) is 0 Å². The van der Waals surface area contributed by atoms with Crippen LogP contribution in [0.15, 0.2) is 65.3 Å². The Labute approximate surface area is 159 Å². The molecule has 0 aliphatic heterocycles. The average Bonchev–Trinajstić information content (AvgIpc) is 3.15. The summed E-state index contributed by atoms with van der Waals surface area (Å²) < 4.78 is 5.11. The quantitative estimate of drug-likeness (QED) is 0.395. The molecule has 4 aromatic rings. The van der Waals surface area contributed by atoms with Crippen molar-refractivity contribution < 1.29 is 9.84 Å². The Morgan fingerprint density at radius 2 is 1.96 bits per heavy atom. The number of nitrogens with one attached hydrogen (secondary N) is 1. The minimum atomic E-state index is 0.0406. The van der Waals surface area contributed by atoms with Crippen LogP contribution in [0.25, 0.3) is 21.3 Å². The SMILES string of the molecule is COc1cccc(C=NNc2ncnc3scc(-c4ccccc4)c23)c1O. The Hall–Kier alpha value is -3.45. The monoisotopic (exact) mass is 376 g/mol. The number of thiophene rings is 1. The second-order valence-corrected chi connectivity index (χ2v) is 6.54. The lowest BCUT2D eigenvalue weighted by Crippen LogP contribution is -1.96. The zero-order chi connectivity index (χ0) is 18.6. The second-order valence-electron chi connectivity index (χ2n) is 5.69. The Bertz CT molecular complexity index is 1110. The molecule has 4 rings (SSSR count). The molecule has 6 nitrogen and oxygen atoms in total. The molecule has 0 amide bonds. The lowest BCUT2D eigenvalue weighted by atomic mass is 10.1. The second kappa shape index (κ2) is 7.43. The summed E-state index contributed by atoms with van der Waals surface area (Å²) in [5.41, 5.74) is 5.66. The van der Waals surface area contributed by atoms with Crippen LogP contribution in [-0.4, -0.2) is 28.4 Å². The maximum Gasteiger partial charge on any atom is 0.166 e. The van der Waals surface area contributed by atoms with Crippen molar-refractivity contribution in [3.63, 3.8) is 0 Å². The van der Waals surface area contributed by atoms with Gasteiger partial charge >= 0.3 is 0 Å². The zero-order valence-corrected chi connectivity index (χ0v) is 15.3. The Morgan fingerprint density at radius 3 is 2.78 bits per heavy atom. The molecule has 0 atom stereocenters. The van der Waals surface area contributed by atoms with Gasteiger partial charge in [-0.1, -0.05) is 36.4 Å². The number of methoxy groups -OCH3 is 1. The third kappa shape index (κ3) is 3.32. The summed E-state index contributed by atoms with van der Waals surface area (Å²) in [4.78, 5) is 9.57. The number of aromatic hydroxyl groups is 1. The molecule has 0 unspecified atom stereocenters. The summed E-state index contributed by atoms with van der Waals surface area (Å²) in [6.07, 6.45) is 3.04. The molecular weight excluding hydrogens is 360 g/mol. The fraction of sp³-hybridized carbons (Fsp3) is 0.0500. The maximum absolute atomic E-state index is 10.1. The fourth-order valence-electron chi connectivity index (χ4n) is 2.76. The van der Waals surface area contributed by atoms with Crippen LogP contribution in [-0.2, 0) is 0 Å². The van der Waals surface area contributed by atoms with E-state index in [1.54, 1.807) is 29.5 Å². The largest absolute Gasteiger partial charge is 0.504 e. The first-order valence-electron chi connectivity index (χ1n) is 8.20. The van der Waals surface area contributed by atoms with Crippen LogP contribution < -0.4 is 10.2 Å². The molecule has 0 fully saturated rings. The number of rotatable bonds is 5. The molecule has 2 N–H and O–H groups in total. The van der Waals surface area contributed by atoms with E-state index in [0.717, 1.165) is 21.3 Å². The number of para-hydroxylation sites is 1.